The van der Waals surface area contributed by atoms with E-state index >= 15 is 0 Å². The van der Waals surface area contributed by atoms with Crippen LogP contribution >= 0.6 is 0 Å². The van der Waals surface area contributed by atoms with Crippen LogP contribution in [0, 0.1) is 11.8 Å². The first kappa shape index (κ1) is 22.4. The quantitative estimate of drug-likeness (QED) is 0.309. The van der Waals surface area contributed by atoms with Crippen molar-refractivity contribution in [3.05, 3.63) is 48.0 Å². The standard InChI is InChI=1S/C25H33NO4/c1-18(15-20(27)16-19-9-5-4-6-10-19)26-17-22-21(23-13-14-24(22)30-23)11-7-2-3-8-12-25(28)29/h2,4-7,9-10,21-24H,3,8,11-17H2,1H3,(H,28,29)/t21-,22+,23-,24+/m0/s1. The van der Waals surface area contributed by atoms with E-state index in [1.807, 2.05) is 37.3 Å². The summed E-state index contributed by atoms with van der Waals surface area (Å²) in [6, 6.07) is 9.84. The van der Waals surface area contributed by atoms with Crippen molar-refractivity contribution in [1.82, 2.24) is 0 Å². The van der Waals surface area contributed by atoms with Gasteiger partial charge < -0.3 is 9.84 Å². The Morgan fingerprint density at radius 2 is 1.87 bits per heavy atom. The first-order valence-corrected chi connectivity index (χ1v) is 11.1. The number of allylic oxidation sites excluding steroid dienone is 2. The van der Waals surface area contributed by atoms with Gasteiger partial charge in [0.05, 0.1) is 12.2 Å². The van der Waals surface area contributed by atoms with Crippen molar-refractivity contribution in [3.8, 4) is 0 Å². The molecule has 0 amide bonds. The number of aliphatic carboxylic acids is 1. The Bertz CT molecular complexity index is 771. The summed E-state index contributed by atoms with van der Waals surface area (Å²) in [7, 11) is 0. The van der Waals surface area contributed by atoms with Crippen LogP contribution in [0.5, 0.6) is 0 Å². The minimum Gasteiger partial charge on any atom is -0.481 e. The smallest absolute Gasteiger partial charge is 0.303 e. The fourth-order valence-corrected chi connectivity index (χ4v) is 4.68. The third-order valence-corrected chi connectivity index (χ3v) is 6.20. The zero-order chi connectivity index (χ0) is 21.3. The molecule has 2 saturated heterocycles. The molecule has 1 aromatic rings. The van der Waals surface area contributed by atoms with Gasteiger partial charge in [-0.2, -0.15) is 0 Å². The number of carboxylic acid groups (broad SMARTS) is 1. The molecule has 3 rings (SSSR count). The predicted molar refractivity (Wildman–Crippen MR) is 118 cm³/mol. The van der Waals surface area contributed by atoms with Gasteiger partial charge in [-0.15, -0.1) is 0 Å². The van der Waals surface area contributed by atoms with Crippen LogP contribution in [0.4, 0.5) is 0 Å². The minimum atomic E-state index is -0.736. The molecule has 0 spiro atoms. The van der Waals surface area contributed by atoms with E-state index in [9.17, 15) is 9.59 Å². The first-order valence-electron chi connectivity index (χ1n) is 11.1. The molecule has 2 bridgehead atoms. The number of fused-ring (bicyclic) bond motifs is 2. The monoisotopic (exact) mass is 411 g/mol. The normalized spacial score (nSPS) is 25.8. The molecule has 1 N–H and O–H groups in total. The topological polar surface area (TPSA) is 76.0 Å². The van der Waals surface area contributed by atoms with Gasteiger partial charge >= 0.3 is 5.97 Å². The Kier molecular flexibility index (Phi) is 8.38. The molecular formula is C25H33NO4. The van der Waals surface area contributed by atoms with E-state index in [0.717, 1.165) is 43.5 Å². The van der Waals surface area contributed by atoms with Gasteiger partial charge in [0.15, 0.2) is 0 Å². The third-order valence-electron chi connectivity index (χ3n) is 6.20. The Hall–Kier alpha value is -2.27. The van der Waals surface area contributed by atoms with Crippen molar-refractivity contribution < 1.29 is 19.4 Å². The molecule has 0 unspecified atom stereocenters. The van der Waals surface area contributed by atoms with Gasteiger partial charge in [0.25, 0.3) is 0 Å². The molecule has 5 heteroatoms. The summed E-state index contributed by atoms with van der Waals surface area (Å²) in [5.74, 6) is 0.343. The summed E-state index contributed by atoms with van der Waals surface area (Å²) in [6.07, 6.45) is 10.7. The maximum Gasteiger partial charge on any atom is 0.303 e. The van der Waals surface area contributed by atoms with Gasteiger partial charge in [-0.05, 0) is 50.5 Å². The van der Waals surface area contributed by atoms with E-state index in [0.29, 0.717) is 37.2 Å². The van der Waals surface area contributed by atoms with E-state index in [-0.39, 0.29) is 18.3 Å². The number of carboxylic acids is 1. The fourth-order valence-electron chi connectivity index (χ4n) is 4.68. The number of Topliss-reactive ketones (excluding diaryl/α,β-unsaturated/α-hetero) is 1. The number of nitrogens with zero attached hydrogens (tertiary/aromatic N) is 1. The number of carbonyl (C=O) groups excluding carboxylic acids is 1. The van der Waals surface area contributed by atoms with Crippen molar-refractivity contribution in [1.29, 1.82) is 0 Å². The SMILES string of the molecule is CC(CC(=O)Cc1ccccc1)=NC[C@@H]1[C@H](CC=CCCCC(=O)O)[C@@H]2CC[C@H]1O2. The second-order valence-electron chi connectivity index (χ2n) is 8.56. The molecule has 0 aliphatic carbocycles. The molecule has 162 valence electrons. The zero-order valence-electron chi connectivity index (χ0n) is 17.8. The van der Waals surface area contributed by atoms with Crippen molar-refractivity contribution in [2.45, 2.75) is 70.5 Å². The Labute approximate surface area is 179 Å². The molecule has 2 aliphatic heterocycles. The highest BCUT2D eigenvalue weighted by Crippen LogP contribution is 2.45. The number of ether oxygens (including phenoxy) is 1. The lowest BCUT2D eigenvalue weighted by Crippen LogP contribution is -2.29. The number of benzene rings is 1. The summed E-state index contributed by atoms with van der Waals surface area (Å²) in [6.45, 7) is 2.68. The summed E-state index contributed by atoms with van der Waals surface area (Å²) >= 11 is 0. The fraction of sp³-hybridized carbons (Fsp3) is 0.560. The molecule has 30 heavy (non-hydrogen) atoms. The Morgan fingerprint density at radius 3 is 2.60 bits per heavy atom. The van der Waals surface area contributed by atoms with Crippen molar-refractivity contribution >= 4 is 17.5 Å². The molecule has 2 aliphatic rings. The molecule has 2 heterocycles. The molecule has 5 nitrogen and oxygen atoms in total. The highest BCUT2D eigenvalue weighted by atomic mass is 16.5. The second-order valence-corrected chi connectivity index (χ2v) is 8.56. The molecule has 0 radical (unpaired) electrons. The van der Waals surface area contributed by atoms with Crippen LogP contribution in [-0.4, -0.2) is 41.3 Å². The minimum absolute atomic E-state index is 0.201. The van der Waals surface area contributed by atoms with Crippen molar-refractivity contribution in [2.24, 2.45) is 16.8 Å². The lowest BCUT2D eigenvalue weighted by atomic mass is 9.77. The lowest BCUT2D eigenvalue weighted by molar-refractivity contribution is -0.137. The molecular weight excluding hydrogens is 378 g/mol. The second kappa shape index (κ2) is 11.2. The zero-order valence-corrected chi connectivity index (χ0v) is 17.8. The maximum atomic E-state index is 12.3. The number of unbranched alkanes of at least 4 members (excludes halogenated alkanes) is 1. The van der Waals surface area contributed by atoms with Gasteiger partial charge in [0.1, 0.15) is 5.78 Å². The summed E-state index contributed by atoms with van der Waals surface area (Å²) < 4.78 is 6.15. The third kappa shape index (κ3) is 6.63. The van der Waals surface area contributed by atoms with Crippen LogP contribution in [0.3, 0.4) is 0 Å². The van der Waals surface area contributed by atoms with Crippen LogP contribution in [-0.2, 0) is 20.7 Å². The van der Waals surface area contributed by atoms with E-state index in [1.54, 1.807) is 0 Å². The van der Waals surface area contributed by atoms with E-state index in [2.05, 4.69) is 12.2 Å². The van der Waals surface area contributed by atoms with Gasteiger partial charge in [0.2, 0.25) is 0 Å². The first-order chi connectivity index (χ1) is 14.5. The van der Waals surface area contributed by atoms with Crippen LogP contribution in [0.2, 0.25) is 0 Å². The lowest BCUT2D eigenvalue weighted by Gasteiger charge is -2.26. The predicted octanol–water partition coefficient (Wildman–Crippen LogP) is 4.64. The largest absolute Gasteiger partial charge is 0.481 e. The van der Waals surface area contributed by atoms with Crippen molar-refractivity contribution in [2.75, 3.05) is 6.54 Å². The number of carbonyl (C=O) groups is 2. The molecule has 4 atom stereocenters. The average Bonchev–Trinajstić information content (AvgIpc) is 3.31. The van der Waals surface area contributed by atoms with E-state index in [1.165, 1.54) is 0 Å². The number of hydrogen-bond acceptors (Lipinski definition) is 4. The summed E-state index contributed by atoms with van der Waals surface area (Å²) in [5.41, 5.74) is 1.95. The number of rotatable bonds is 12. The molecule has 0 aromatic heterocycles. The van der Waals surface area contributed by atoms with Crippen LogP contribution in [0.25, 0.3) is 0 Å². The highest BCUT2D eigenvalue weighted by molar-refractivity contribution is 6.01. The van der Waals surface area contributed by atoms with Gasteiger partial charge in [-0.3, -0.25) is 14.6 Å². The Morgan fingerprint density at radius 1 is 1.13 bits per heavy atom. The Balaban J connectivity index is 1.46. The van der Waals surface area contributed by atoms with Gasteiger partial charge in [0, 0.05) is 37.4 Å². The molecule has 2 fully saturated rings. The summed E-state index contributed by atoms with van der Waals surface area (Å²) in [4.78, 5) is 27.7. The number of ketones is 1. The van der Waals surface area contributed by atoms with Gasteiger partial charge in [-0.25, -0.2) is 0 Å². The maximum absolute atomic E-state index is 12.3. The van der Waals surface area contributed by atoms with Crippen LogP contribution < -0.4 is 0 Å². The van der Waals surface area contributed by atoms with E-state index < -0.39 is 5.97 Å². The van der Waals surface area contributed by atoms with Gasteiger partial charge in [-0.1, -0.05) is 42.5 Å². The average molecular weight is 412 g/mol. The number of hydrogen-bond donors (Lipinski definition) is 1. The van der Waals surface area contributed by atoms with Crippen LogP contribution in [0.15, 0.2) is 47.5 Å². The number of aliphatic imine (C=N–C) groups is 1. The summed E-state index contributed by atoms with van der Waals surface area (Å²) in [5, 5.41) is 8.71. The molecule has 1 aromatic carbocycles. The van der Waals surface area contributed by atoms with E-state index in [4.69, 9.17) is 14.8 Å². The highest BCUT2D eigenvalue weighted by Gasteiger charge is 2.47. The van der Waals surface area contributed by atoms with Crippen LogP contribution in [0.1, 0.15) is 57.4 Å². The van der Waals surface area contributed by atoms with Crippen molar-refractivity contribution in [3.63, 3.8) is 0 Å². The molecule has 0 saturated carbocycles.